The van der Waals surface area contributed by atoms with Crippen molar-refractivity contribution in [2.45, 2.75) is 51.8 Å². The molecule has 190 valence electrons. The molecule has 0 saturated carbocycles. The topological polar surface area (TPSA) is 95.4 Å². The molecular weight excluding hydrogens is 506 g/mol. The number of benzene rings is 2. The second-order valence-electron chi connectivity index (χ2n) is 9.27. The van der Waals surface area contributed by atoms with Crippen LogP contribution in [-0.4, -0.2) is 26.4 Å². The van der Waals surface area contributed by atoms with E-state index >= 15 is 0 Å². The minimum atomic E-state index is -0.496. The molecule has 1 aliphatic heterocycles. The van der Waals surface area contributed by atoms with Crippen LogP contribution in [0.3, 0.4) is 0 Å². The van der Waals surface area contributed by atoms with E-state index in [0.29, 0.717) is 35.6 Å². The van der Waals surface area contributed by atoms with E-state index in [-0.39, 0.29) is 19.0 Å². The van der Waals surface area contributed by atoms with Crippen molar-refractivity contribution in [2.24, 2.45) is 10.7 Å². The summed E-state index contributed by atoms with van der Waals surface area (Å²) in [6.07, 6.45) is 0.577. The largest absolute Gasteiger partial charge is 0.461 e. The van der Waals surface area contributed by atoms with Crippen LogP contribution in [0.25, 0.3) is 5.00 Å². The molecule has 7 nitrogen and oxygen atoms in total. The number of thiophene rings is 1. The fourth-order valence-electron chi connectivity index (χ4n) is 4.25. The Morgan fingerprint density at radius 2 is 1.86 bits per heavy atom. The van der Waals surface area contributed by atoms with Crippen LogP contribution in [-0.2, 0) is 22.7 Å². The lowest BCUT2D eigenvalue weighted by Crippen LogP contribution is -2.19. The van der Waals surface area contributed by atoms with Gasteiger partial charge < -0.3 is 10.5 Å². The molecule has 1 atom stereocenters. The molecule has 0 aliphatic carbocycles. The lowest BCUT2D eigenvalue weighted by atomic mass is 10.0. The average molecular weight is 534 g/mol. The third kappa shape index (κ3) is 5.37. The number of carbonyl (C=O) groups is 1. The van der Waals surface area contributed by atoms with E-state index in [1.807, 2.05) is 59.2 Å². The van der Waals surface area contributed by atoms with Gasteiger partial charge in [-0.25, -0.2) is 0 Å². The van der Waals surface area contributed by atoms with Crippen LogP contribution in [0.4, 0.5) is 0 Å². The Morgan fingerprint density at radius 3 is 2.62 bits per heavy atom. The van der Waals surface area contributed by atoms with Gasteiger partial charge in [-0.15, -0.1) is 21.5 Å². The van der Waals surface area contributed by atoms with Crippen LogP contribution in [0.15, 0.2) is 65.7 Å². The Morgan fingerprint density at radius 1 is 1.11 bits per heavy atom. The number of hydrogen-bond donors (Lipinski definition) is 1. The fourth-order valence-corrected chi connectivity index (χ4v) is 5.66. The smallest absolute Gasteiger partial charge is 0.306 e. The molecule has 4 aromatic rings. The molecular formula is C28H28ClN5O2S. The van der Waals surface area contributed by atoms with E-state index in [1.165, 1.54) is 4.88 Å². The van der Waals surface area contributed by atoms with Crippen molar-refractivity contribution in [1.82, 2.24) is 14.8 Å². The highest BCUT2D eigenvalue weighted by Gasteiger charge is 2.29. The van der Waals surface area contributed by atoms with Crippen LogP contribution >= 0.6 is 22.9 Å². The Labute approximate surface area is 225 Å². The molecule has 37 heavy (non-hydrogen) atoms. The zero-order valence-electron chi connectivity index (χ0n) is 20.7. The number of aliphatic imine (C=N–C) groups is 1. The van der Waals surface area contributed by atoms with Gasteiger partial charge in [0.1, 0.15) is 18.2 Å². The Balaban J connectivity index is 1.40. The van der Waals surface area contributed by atoms with Crippen molar-refractivity contribution in [3.8, 4) is 5.00 Å². The van der Waals surface area contributed by atoms with E-state index < -0.39 is 6.04 Å². The number of halogens is 1. The molecule has 2 aromatic heterocycles. The highest BCUT2D eigenvalue weighted by molar-refractivity contribution is 7.15. The van der Waals surface area contributed by atoms with Crippen molar-refractivity contribution >= 4 is 34.6 Å². The molecule has 5 rings (SSSR count). The van der Waals surface area contributed by atoms with Crippen molar-refractivity contribution in [3.05, 3.63) is 98.9 Å². The number of rotatable bonds is 8. The average Bonchev–Trinajstić information content (AvgIpc) is 3.49. The van der Waals surface area contributed by atoms with Crippen molar-refractivity contribution in [3.63, 3.8) is 0 Å². The van der Waals surface area contributed by atoms with E-state index in [0.717, 1.165) is 27.4 Å². The summed E-state index contributed by atoms with van der Waals surface area (Å²) >= 11 is 8.26. The number of esters is 1. The normalized spacial score (nSPS) is 13.5. The molecule has 3 heterocycles. The van der Waals surface area contributed by atoms with Crippen molar-refractivity contribution in [2.75, 3.05) is 0 Å². The quantitative estimate of drug-likeness (QED) is 0.281. The molecule has 0 radical (unpaired) electrons. The molecule has 0 spiro atoms. The van der Waals surface area contributed by atoms with Crippen LogP contribution in [0.5, 0.6) is 0 Å². The monoisotopic (exact) mass is 533 g/mol. The first-order valence-corrected chi connectivity index (χ1v) is 13.4. The maximum Gasteiger partial charge on any atom is 0.306 e. The Kier molecular flexibility index (Phi) is 7.50. The molecule has 1 aliphatic rings. The van der Waals surface area contributed by atoms with Crippen LogP contribution in [0.1, 0.15) is 71.9 Å². The molecule has 0 amide bonds. The summed E-state index contributed by atoms with van der Waals surface area (Å²) in [5.74, 6) is 1.36. The lowest BCUT2D eigenvalue weighted by Gasteiger charge is -2.14. The number of fused-ring (bicyclic) bond motifs is 3. The van der Waals surface area contributed by atoms with Crippen molar-refractivity contribution in [1.29, 1.82) is 0 Å². The van der Waals surface area contributed by atoms with E-state index in [2.05, 4.69) is 30.1 Å². The van der Waals surface area contributed by atoms with E-state index in [1.54, 1.807) is 11.3 Å². The highest BCUT2D eigenvalue weighted by Crippen LogP contribution is 2.38. The van der Waals surface area contributed by atoms with Gasteiger partial charge in [0.25, 0.3) is 0 Å². The van der Waals surface area contributed by atoms with E-state index in [9.17, 15) is 4.79 Å². The van der Waals surface area contributed by atoms with Gasteiger partial charge in [-0.2, -0.15) is 0 Å². The third-order valence-corrected chi connectivity index (χ3v) is 8.01. The molecule has 2 aromatic carbocycles. The minimum absolute atomic E-state index is 0.187. The first-order chi connectivity index (χ1) is 17.9. The number of carbonyl (C=O) groups excluding carboxylic acids is 1. The summed E-state index contributed by atoms with van der Waals surface area (Å²) in [7, 11) is 0. The highest BCUT2D eigenvalue weighted by atomic mass is 35.5. The van der Waals surface area contributed by atoms with Gasteiger partial charge in [0.05, 0.1) is 11.8 Å². The van der Waals surface area contributed by atoms with Crippen LogP contribution in [0, 0.1) is 0 Å². The molecule has 0 saturated heterocycles. The Bertz CT molecular complexity index is 1440. The molecule has 2 N–H and O–H groups in total. The van der Waals surface area contributed by atoms with Gasteiger partial charge in [0, 0.05) is 27.4 Å². The summed E-state index contributed by atoms with van der Waals surface area (Å²) < 4.78 is 7.44. The van der Waals surface area contributed by atoms with Gasteiger partial charge in [-0.3, -0.25) is 14.4 Å². The predicted octanol–water partition coefficient (Wildman–Crippen LogP) is 5.98. The standard InChI is InChI=1S/C28H28ClN5O2S/c1-17(2)23-14-20-26(19-10-6-7-11-21(19)29)31-15-24-32-33-27(34(24)28(20)37-23)22(30)12-13-25(35)36-16-18-8-4-3-5-9-18/h3-11,14,17,22H,12-13,15-16,30H2,1-2H3/t22-/m1/s1. The van der Waals surface area contributed by atoms with Gasteiger partial charge in [-0.1, -0.05) is 74.0 Å². The summed E-state index contributed by atoms with van der Waals surface area (Å²) in [5.41, 5.74) is 10.2. The van der Waals surface area contributed by atoms with Crippen LogP contribution < -0.4 is 5.73 Å². The maximum absolute atomic E-state index is 12.4. The molecule has 0 unspecified atom stereocenters. The third-order valence-electron chi connectivity index (χ3n) is 6.26. The number of ether oxygens (including phenoxy) is 1. The van der Waals surface area contributed by atoms with E-state index in [4.69, 9.17) is 27.1 Å². The van der Waals surface area contributed by atoms with Gasteiger partial charge in [0.2, 0.25) is 0 Å². The fraction of sp³-hybridized carbons (Fsp3) is 0.286. The first-order valence-electron chi connectivity index (χ1n) is 12.3. The summed E-state index contributed by atoms with van der Waals surface area (Å²) in [4.78, 5) is 18.5. The lowest BCUT2D eigenvalue weighted by molar-refractivity contribution is -0.145. The predicted molar refractivity (Wildman–Crippen MR) is 147 cm³/mol. The van der Waals surface area contributed by atoms with Gasteiger partial charge >= 0.3 is 5.97 Å². The first kappa shape index (κ1) is 25.3. The molecule has 0 fully saturated rings. The van der Waals surface area contributed by atoms with Crippen molar-refractivity contribution < 1.29 is 9.53 Å². The summed E-state index contributed by atoms with van der Waals surface area (Å²) in [6.45, 7) is 4.92. The SMILES string of the molecule is CC(C)c1cc2c(s1)-n1c(nnc1[C@H](N)CCC(=O)OCc1ccccc1)CN=C2c1ccccc1Cl. The number of nitrogens with two attached hydrogens (primary N) is 1. The second-order valence-corrected chi connectivity index (χ2v) is 10.7. The van der Waals surface area contributed by atoms with Gasteiger partial charge in [-0.05, 0) is 30.0 Å². The van der Waals surface area contributed by atoms with Gasteiger partial charge in [0.15, 0.2) is 11.6 Å². The zero-order valence-corrected chi connectivity index (χ0v) is 22.3. The molecule has 0 bridgehead atoms. The Hall–Kier alpha value is -3.33. The maximum atomic E-state index is 12.4. The number of nitrogens with zero attached hydrogens (tertiary/aromatic N) is 4. The number of aromatic nitrogens is 3. The zero-order chi connectivity index (χ0) is 25.9. The van der Waals surface area contributed by atoms with Crippen LogP contribution in [0.2, 0.25) is 5.02 Å². The molecule has 9 heteroatoms. The minimum Gasteiger partial charge on any atom is -0.461 e. The second kappa shape index (κ2) is 11.0. The number of hydrogen-bond acceptors (Lipinski definition) is 7. The summed E-state index contributed by atoms with van der Waals surface area (Å²) in [5, 5.41) is 10.5. The summed E-state index contributed by atoms with van der Waals surface area (Å²) in [6, 6.07) is 19.0.